The number of rotatable bonds is 0. The van der Waals surface area contributed by atoms with Gasteiger partial charge in [0.25, 0.3) is 11.1 Å². The Morgan fingerprint density at radius 1 is 0.947 bits per heavy atom. The number of carbonyl (C=O) groups excluding carboxylic acids is 1. The highest BCUT2D eigenvalue weighted by Gasteiger charge is 2.34. The van der Waals surface area contributed by atoms with Crippen LogP contribution in [-0.2, 0) is 17.9 Å². The molecule has 5 heteroatoms. The van der Waals surface area contributed by atoms with Gasteiger partial charge in [-0.05, 0) is 12.1 Å². The van der Waals surface area contributed by atoms with E-state index in [1.807, 2.05) is 0 Å². The molecule has 0 atom stereocenters. The van der Waals surface area contributed by atoms with Crippen molar-refractivity contribution in [2.24, 2.45) is 5.41 Å². The summed E-state index contributed by atoms with van der Waals surface area (Å²) in [5, 5.41) is 0.783. The molecule has 5 nitrogen and oxygen atoms in total. The van der Waals surface area contributed by atoms with E-state index in [-0.39, 0.29) is 30.0 Å². The van der Waals surface area contributed by atoms with Crippen molar-refractivity contribution in [1.29, 1.82) is 0 Å². The zero-order valence-electron chi connectivity index (χ0n) is 10.8. The zero-order chi connectivity index (χ0) is 13.8. The molecule has 0 spiro atoms. The highest BCUT2D eigenvalue weighted by atomic mass is 16.2. The molecule has 3 rings (SSSR count). The van der Waals surface area contributed by atoms with Gasteiger partial charge in [-0.3, -0.25) is 14.4 Å². The number of nitrogens with zero attached hydrogens (tertiary/aromatic N) is 2. The SMILES string of the molecule is CC1(C)Cn2c(=O)c3ccccc3c(=O)n2CC1=O. The fraction of sp³-hybridized carbons (Fsp3) is 0.357. The molecular weight excluding hydrogens is 244 g/mol. The Kier molecular flexibility index (Phi) is 2.29. The van der Waals surface area contributed by atoms with Gasteiger partial charge in [0.05, 0.1) is 17.3 Å². The largest absolute Gasteiger partial charge is 0.297 e. The molecule has 0 unspecified atom stereocenters. The molecule has 19 heavy (non-hydrogen) atoms. The van der Waals surface area contributed by atoms with Gasteiger partial charge in [0, 0.05) is 5.41 Å². The topological polar surface area (TPSA) is 61.1 Å². The minimum atomic E-state index is -0.612. The van der Waals surface area contributed by atoms with E-state index >= 15 is 0 Å². The minimum Gasteiger partial charge on any atom is -0.297 e. The van der Waals surface area contributed by atoms with Gasteiger partial charge >= 0.3 is 0 Å². The van der Waals surface area contributed by atoms with Crippen molar-refractivity contribution in [2.75, 3.05) is 0 Å². The van der Waals surface area contributed by atoms with Crippen molar-refractivity contribution in [2.45, 2.75) is 26.9 Å². The molecule has 0 saturated heterocycles. The number of benzene rings is 1. The van der Waals surface area contributed by atoms with E-state index in [2.05, 4.69) is 0 Å². The molecular formula is C14H14N2O3. The van der Waals surface area contributed by atoms with Crippen LogP contribution in [0.5, 0.6) is 0 Å². The highest BCUT2D eigenvalue weighted by Crippen LogP contribution is 2.23. The van der Waals surface area contributed by atoms with Crippen LogP contribution in [0.25, 0.3) is 10.8 Å². The van der Waals surface area contributed by atoms with Crippen molar-refractivity contribution in [1.82, 2.24) is 9.36 Å². The Bertz CT molecular complexity index is 812. The lowest BCUT2D eigenvalue weighted by molar-refractivity contribution is -0.131. The molecule has 1 aromatic heterocycles. The van der Waals surface area contributed by atoms with E-state index in [1.165, 1.54) is 9.36 Å². The van der Waals surface area contributed by atoms with Crippen molar-refractivity contribution in [3.63, 3.8) is 0 Å². The normalized spacial score (nSPS) is 17.5. The van der Waals surface area contributed by atoms with Crippen LogP contribution >= 0.6 is 0 Å². The molecule has 98 valence electrons. The Balaban J connectivity index is 2.44. The van der Waals surface area contributed by atoms with Crippen LogP contribution in [0.1, 0.15) is 13.8 Å². The summed E-state index contributed by atoms with van der Waals surface area (Å²) in [6.07, 6.45) is 0. The van der Waals surface area contributed by atoms with Crippen LogP contribution in [-0.4, -0.2) is 15.1 Å². The molecule has 0 N–H and O–H groups in total. The van der Waals surface area contributed by atoms with Gasteiger partial charge in [-0.25, -0.2) is 9.36 Å². The molecule has 0 bridgehead atoms. The van der Waals surface area contributed by atoms with E-state index in [1.54, 1.807) is 38.1 Å². The van der Waals surface area contributed by atoms with Crippen LogP contribution in [0.4, 0.5) is 0 Å². The van der Waals surface area contributed by atoms with Crippen molar-refractivity contribution in [3.05, 3.63) is 45.0 Å². The number of ketones is 1. The van der Waals surface area contributed by atoms with Gasteiger partial charge in [0.1, 0.15) is 6.54 Å². The predicted molar refractivity (Wildman–Crippen MR) is 71.3 cm³/mol. The van der Waals surface area contributed by atoms with Crippen LogP contribution in [0.2, 0.25) is 0 Å². The molecule has 2 aromatic rings. The summed E-state index contributed by atoms with van der Waals surface area (Å²) in [7, 11) is 0. The molecule has 0 radical (unpaired) electrons. The third-order valence-electron chi connectivity index (χ3n) is 3.74. The van der Waals surface area contributed by atoms with Crippen LogP contribution < -0.4 is 11.1 Å². The number of fused-ring (bicyclic) bond motifs is 2. The molecule has 1 aromatic carbocycles. The van der Waals surface area contributed by atoms with Crippen LogP contribution in [0.3, 0.4) is 0 Å². The summed E-state index contributed by atoms with van der Waals surface area (Å²) in [4.78, 5) is 36.7. The standard InChI is InChI=1S/C14H14N2O3/c1-14(2)8-16-13(19)10-6-4-3-5-9(10)12(18)15(16)7-11(14)17/h3-6H,7-8H2,1-2H3. The first-order valence-electron chi connectivity index (χ1n) is 6.18. The average Bonchev–Trinajstić information content (AvgIpc) is 2.38. The maximum absolute atomic E-state index is 12.4. The lowest BCUT2D eigenvalue weighted by Gasteiger charge is -2.32. The summed E-state index contributed by atoms with van der Waals surface area (Å²) in [6.45, 7) is 3.80. The Hall–Kier alpha value is -2.17. The van der Waals surface area contributed by atoms with Crippen LogP contribution in [0, 0.1) is 5.41 Å². The third kappa shape index (κ3) is 1.58. The van der Waals surface area contributed by atoms with Crippen molar-refractivity contribution < 1.29 is 4.79 Å². The second-order valence-electron chi connectivity index (χ2n) is 5.58. The number of hydrogen-bond acceptors (Lipinski definition) is 3. The first-order chi connectivity index (χ1) is 8.92. The van der Waals surface area contributed by atoms with Gasteiger partial charge in [0.2, 0.25) is 0 Å². The van der Waals surface area contributed by atoms with Gasteiger partial charge in [0.15, 0.2) is 5.78 Å². The van der Waals surface area contributed by atoms with Crippen molar-refractivity contribution >= 4 is 16.6 Å². The fourth-order valence-corrected chi connectivity index (χ4v) is 2.48. The summed E-state index contributed by atoms with van der Waals surface area (Å²) in [5.41, 5.74) is -1.10. The Morgan fingerprint density at radius 3 is 2.05 bits per heavy atom. The van der Waals surface area contributed by atoms with E-state index in [9.17, 15) is 14.4 Å². The zero-order valence-corrected chi connectivity index (χ0v) is 10.8. The molecule has 2 heterocycles. The summed E-state index contributed by atoms with van der Waals surface area (Å²) < 4.78 is 2.66. The second kappa shape index (κ2) is 3.66. The minimum absolute atomic E-state index is 0.0238. The number of carbonyl (C=O) groups is 1. The monoisotopic (exact) mass is 258 g/mol. The lowest BCUT2D eigenvalue weighted by atomic mass is 9.86. The predicted octanol–water partition coefficient (Wildman–Crippen LogP) is 0.772. The van der Waals surface area contributed by atoms with E-state index < -0.39 is 5.41 Å². The van der Waals surface area contributed by atoms with E-state index in [0.717, 1.165) is 0 Å². The van der Waals surface area contributed by atoms with Gasteiger partial charge in [-0.15, -0.1) is 0 Å². The molecule has 1 aliphatic rings. The Labute approximate surface area is 109 Å². The summed E-state index contributed by atoms with van der Waals surface area (Å²) in [6, 6.07) is 6.72. The van der Waals surface area contributed by atoms with Crippen LogP contribution in [0.15, 0.2) is 33.9 Å². The first-order valence-corrected chi connectivity index (χ1v) is 6.18. The Morgan fingerprint density at radius 2 is 1.47 bits per heavy atom. The third-order valence-corrected chi connectivity index (χ3v) is 3.74. The molecule has 0 saturated carbocycles. The second-order valence-corrected chi connectivity index (χ2v) is 5.58. The van der Waals surface area contributed by atoms with Gasteiger partial charge in [-0.2, -0.15) is 0 Å². The first kappa shape index (κ1) is 11.9. The number of aromatic nitrogens is 2. The van der Waals surface area contributed by atoms with Gasteiger partial charge in [-0.1, -0.05) is 26.0 Å². The molecule has 0 fully saturated rings. The van der Waals surface area contributed by atoms with Crippen molar-refractivity contribution in [3.8, 4) is 0 Å². The van der Waals surface area contributed by atoms with E-state index in [4.69, 9.17) is 0 Å². The quantitative estimate of drug-likeness (QED) is 0.701. The summed E-state index contributed by atoms with van der Waals surface area (Å²) in [5.74, 6) is -0.0238. The lowest BCUT2D eigenvalue weighted by Crippen LogP contribution is -2.50. The molecule has 0 aliphatic carbocycles. The molecule has 1 aliphatic heterocycles. The number of hydrogen-bond donors (Lipinski definition) is 0. The number of Topliss-reactive ketones (excluding diaryl/α,β-unsaturated/α-hetero) is 1. The summed E-state index contributed by atoms with van der Waals surface area (Å²) >= 11 is 0. The maximum atomic E-state index is 12.4. The maximum Gasteiger partial charge on any atom is 0.273 e. The van der Waals surface area contributed by atoms with Gasteiger partial charge < -0.3 is 0 Å². The fourth-order valence-electron chi connectivity index (χ4n) is 2.48. The molecule has 0 amide bonds. The highest BCUT2D eigenvalue weighted by molar-refractivity contribution is 5.85. The average molecular weight is 258 g/mol. The smallest absolute Gasteiger partial charge is 0.273 e. The van der Waals surface area contributed by atoms with E-state index in [0.29, 0.717) is 10.8 Å².